The Hall–Kier alpha value is -2.24. The van der Waals surface area contributed by atoms with Crippen molar-refractivity contribution in [3.8, 4) is 5.75 Å². The number of fused-ring (bicyclic) bond motifs is 1. The number of hydrogen-bond acceptors (Lipinski definition) is 4. The van der Waals surface area contributed by atoms with Crippen molar-refractivity contribution in [3.63, 3.8) is 0 Å². The molecule has 0 bridgehead atoms. The van der Waals surface area contributed by atoms with E-state index in [1.54, 1.807) is 24.9 Å². The predicted octanol–water partition coefficient (Wildman–Crippen LogP) is 1.08. The van der Waals surface area contributed by atoms with Gasteiger partial charge in [0.25, 0.3) is 5.91 Å². The minimum absolute atomic E-state index is 0.0858. The van der Waals surface area contributed by atoms with Crippen LogP contribution in [0.4, 0.5) is 0 Å². The maximum atomic E-state index is 12.3. The minimum atomic E-state index is -0.202. The average molecular weight is 277 g/mol. The van der Waals surface area contributed by atoms with E-state index >= 15 is 0 Å². The number of amidine groups is 1. The molecule has 0 radical (unpaired) electrons. The van der Waals surface area contributed by atoms with Crippen LogP contribution in [-0.4, -0.2) is 42.0 Å². The Morgan fingerprint density at radius 1 is 1.60 bits per heavy atom. The summed E-state index contributed by atoms with van der Waals surface area (Å²) in [7, 11) is 1.70. The first kappa shape index (κ1) is 14.2. The van der Waals surface area contributed by atoms with E-state index in [-0.39, 0.29) is 17.7 Å². The maximum Gasteiger partial charge on any atom is 0.253 e. The molecule has 0 spiro atoms. The highest BCUT2D eigenvalue weighted by molar-refractivity contribution is 5.95. The topological polar surface area (TPSA) is 88.2 Å². The van der Waals surface area contributed by atoms with Crippen molar-refractivity contribution in [2.45, 2.75) is 13.3 Å². The van der Waals surface area contributed by atoms with Crippen LogP contribution in [-0.2, 0) is 6.42 Å². The third-order valence-electron chi connectivity index (χ3n) is 3.45. The van der Waals surface area contributed by atoms with Crippen molar-refractivity contribution in [1.82, 2.24) is 4.90 Å². The zero-order valence-corrected chi connectivity index (χ0v) is 11.7. The van der Waals surface area contributed by atoms with Crippen molar-refractivity contribution < 1.29 is 14.7 Å². The highest BCUT2D eigenvalue weighted by Crippen LogP contribution is 2.26. The number of benzene rings is 1. The fraction of sp³-hybridized carbons (Fsp3) is 0.429. The molecule has 6 heteroatoms. The normalized spacial score (nSPS) is 15.4. The first-order valence-electron chi connectivity index (χ1n) is 6.51. The molecule has 20 heavy (non-hydrogen) atoms. The van der Waals surface area contributed by atoms with Crippen LogP contribution < -0.4 is 10.5 Å². The summed E-state index contributed by atoms with van der Waals surface area (Å²) in [6, 6.07) is 5.46. The van der Waals surface area contributed by atoms with Crippen LogP contribution in [0.2, 0.25) is 0 Å². The second-order valence-electron chi connectivity index (χ2n) is 5.03. The van der Waals surface area contributed by atoms with Crippen molar-refractivity contribution >= 4 is 11.7 Å². The number of oxime groups is 1. The van der Waals surface area contributed by atoms with Crippen LogP contribution in [0.15, 0.2) is 23.4 Å². The van der Waals surface area contributed by atoms with Gasteiger partial charge in [0.15, 0.2) is 0 Å². The Bertz CT molecular complexity index is 542. The fourth-order valence-corrected chi connectivity index (χ4v) is 2.23. The van der Waals surface area contributed by atoms with Crippen LogP contribution >= 0.6 is 0 Å². The number of nitrogens with two attached hydrogens (primary N) is 1. The average Bonchev–Trinajstić information content (AvgIpc) is 2.92. The molecule has 6 nitrogen and oxygen atoms in total. The molecule has 0 aliphatic carbocycles. The Balaban J connectivity index is 2.07. The fourth-order valence-electron chi connectivity index (χ4n) is 2.23. The molecule has 1 aliphatic heterocycles. The van der Waals surface area contributed by atoms with E-state index in [1.165, 1.54) is 0 Å². The lowest BCUT2D eigenvalue weighted by molar-refractivity contribution is 0.0786. The molecule has 1 aromatic carbocycles. The number of hydrogen-bond donors (Lipinski definition) is 2. The third kappa shape index (κ3) is 2.84. The summed E-state index contributed by atoms with van der Waals surface area (Å²) in [5.74, 6) is 0.685. The van der Waals surface area contributed by atoms with Crippen LogP contribution in [0.3, 0.4) is 0 Å². The summed E-state index contributed by atoms with van der Waals surface area (Å²) in [6.07, 6.45) is 0.834. The summed E-state index contributed by atoms with van der Waals surface area (Å²) in [4.78, 5) is 13.9. The summed E-state index contributed by atoms with van der Waals surface area (Å²) in [6.45, 7) is 2.86. The number of ether oxygens (including phenoxy) is 1. The van der Waals surface area contributed by atoms with E-state index in [1.807, 2.05) is 12.1 Å². The molecule has 1 atom stereocenters. The standard InChI is InChI=1S/C14H19N3O3/c1-9(13(15)16-19)8-17(2)14(18)11-3-4-12-10(7-11)5-6-20-12/h3-4,7,9,19H,5-6,8H2,1-2H3,(H2,15,16). The van der Waals surface area contributed by atoms with Crippen molar-refractivity contribution in [2.75, 3.05) is 20.2 Å². The van der Waals surface area contributed by atoms with Crippen molar-refractivity contribution in [1.29, 1.82) is 0 Å². The molecule has 0 fully saturated rings. The van der Waals surface area contributed by atoms with E-state index in [0.717, 1.165) is 17.7 Å². The van der Waals surface area contributed by atoms with Gasteiger partial charge in [-0.05, 0) is 23.8 Å². The molecule has 0 saturated carbocycles. The maximum absolute atomic E-state index is 12.3. The second-order valence-corrected chi connectivity index (χ2v) is 5.03. The molecule has 2 rings (SSSR count). The Labute approximate surface area is 117 Å². The summed E-state index contributed by atoms with van der Waals surface area (Å²) >= 11 is 0. The summed E-state index contributed by atoms with van der Waals surface area (Å²) in [5.41, 5.74) is 7.21. The second kappa shape index (κ2) is 5.81. The molecule has 0 aromatic heterocycles. The smallest absolute Gasteiger partial charge is 0.253 e. The highest BCUT2D eigenvalue weighted by Gasteiger charge is 2.19. The van der Waals surface area contributed by atoms with E-state index in [0.29, 0.717) is 18.7 Å². The Morgan fingerprint density at radius 3 is 3.05 bits per heavy atom. The lowest BCUT2D eigenvalue weighted by Gasteiger charge is -2.21. The van der Waals surface area contributed by atoms with Gasteiger partial charge < -0.3 is 20.6 Å². The summed E-state index contributed by atoms with van der Waals surface area (Å²) in [5, 5.41) is 11.6. The number of amides is 1. The number of carbonyl (C=O) groups excluding carboxylic acids is 1. The van der Waals surface area contributed by atoms with Crippen molar-refractivity contribution in [2.24, 2.45) is 16.8 Å². The molecule has 3 N–H and O–H groups in total. The molecule has 0 saturated heterocycles. The zero-order chi connectivity index (χ0) is 14.7. The Morgan fingerprint density at radius 2 is 2.35 bits per heavy atom. The van der Waals surface area contributed by atoms with Gasteiger partial charge >= 0.3 is 0 Å². The number of carbonyl (C=O) groups is 1. The Kier molecular flexibility index (Phi) is 4.12. The van der Waals surface area contributed by atoms with E-state index < -0.39 is 0 Å². The lowest BCUT2D eigenvalue weighted by atomic mass is 10.1. The molecule has 1 heterocycles. The third-order valence-corrected chi connectivity index (χ3v) is 3.45. The largest absolute Gasteiger partial charge is 0.493 e. The van der Waals surface area contributed by atoms with E-state index in [2.05, 4.69) is 5.16 Å². The molecular weight excluding hydrogens is 258 g/mol. The predicted molar refractivity (Wildman–Crippen MR) is 75.2 cm³/mol. The van der Waals surface area contributed by atoms with Gasteiger partial charge in [0.2, 0.25) is 0 Å². The van der Waals surface area contributed by atoms with Gasteiger partial charge in [0.1, 0.15) is 11.6 Å². The SMILES string of the molecule is CC(CN(C)C(=O)c1ccc2c(c1)CCO2)C(N)=NO. The van der Waals surface area contributed by atoms with Crippen LogP contribution in [0, 0.1) is 5.92 Å². The molecule has 1 aliphatic rings. The van der Waals surface area contributed by atoms with Crippen molar-refractivity contribution in [3.05, 3.63) is 29.3 Å². The monoisotopic (exact) mass is 277 g/mol. The lowest BCUT2D eigenvalue weighted by Crippen LogP contribution is -2.36. The van der Waals surface area contributed by atoms with Crippen LogP contribution in [0.1, 0.15) is 22.8 Å². The van der Waals surface area contributed by atoms with Gasteiger partial charge in [0.05, 0.1) is 6.61 Å². The molecular formula is C14H19N3O3. The highest BCUT2D eigenvalue weighted by atomic mass is 16.5. The molecule has 108 valence electrons. The minimum Gasteiger partial charge on any atom is -0.493 e. The molecule has 1 amide bonds. The van der Waals surface area contributed by atoms with Gasteiger partial charge in [0, 0.05) is 31.5 Å². The van der Waals surface area contributed by atoms with Crippen LogP contribution in [0.5, 0.6) is 5.75 Å². The van der Waals surface area contributed by atoms with Crippen LogP contribution in [0.25, 0.3) is 0 Å². The first-order chi connectivity index (χ1) is 9.52. The van der Waals surface area contributed by atoms with Gasteiger partial charge in [-0.2, -0.15) is 0 Å². The molecule has 1 unspecified atom stereocenters. The quantitative estimate of drug-likeness (QED) is 0.373. The first-order valence-corrected chi connectivity index (χ1v) is 6.51. The van der Waals surface area contributed by atoms with Gasteiger partial charge in [-0.15, -0.1) is 0 Å². The van der Waals surface area contributed by atoms with Gasteiger partial charge in [-0.3, -0.25) is 4.79 Å². The molecule has 1 aromatic rings. The van der Waals surface area contributed by atoms with Gasteiger partial charge in [-0.1, -0.05) is 12.1 Å². The van der Waals surface area contributed by atoms with Gasteiger partial charge in [-0.25, -0.2) is 0 Å². The van der Waals surface area contributed by atoms with E-state index in [4.69, 9.17) is 15.7 Å². The van der Waals surface area contributed by atoms with E-state index in [9.17, 15) is 4.79 Å². The number of rotatable bonds is 4. The zero-order valence-electron chi connectivity index (χ0n) is 11.7. The summed E-state index contributed by atoms with van der Waals surface area (Å²) < 4.78 is 5.42. The number of nitrogens with zero attached hydrogens (tertiary/aromatic N) is 2.